The van der Waals surface area contributed by atoms with Gasteiger partial charge in [0.1, 0.15) is 11.4 Å². The molecule has 0 saturated heterocycles. The minimum Gasteiger partial charge on any atom is -0.466 e. The van der Waals surface area contributed by atoms with Gasteiger partial charge in [0.15, 0.2) is 0 Å². The molecule has 1 fully saturated rings. The van der Waals surface area contributed by atoms with E-state index in [0.717, 1.165) is 6.42 Å². The Labute approximate surface area is 120 Å². The SMILES string of the molecule is CC(O)(CNC(=O)CCC1CCCCC1)c1ccco1. The van der Waals surface area contributed by atoms with Crippen LogP contribution in [0, 0.1) is 5.92 Å². The highest BCUT2D eigenvalue weighted by Crippen LogP contribution is 2.27. The minimum absolute atomic E-state index is 0.0161. The van der Waals surface area contributed by atoms with Gasteiger partial charge in [-0.15, -0.1) is 0 Å². The maximum absolute atomic E-state index is 11.8. The smallest absolute Gasteiger partial charge is 0.220 e. The first-order valence-electron chi connectivity index (χ1n) is 7.61. The van der Waals surface area contributed by atoms with Crippen molar-refractivity contribution < 1.29 is 14.3 Å². The van der Waals surface area contributed by atoms with Crippen LogP contribution in [-0.2, 0) is 10.4 Å². The average Bonchev–Trinajstić information content (AvgIpc) is 2.99. The molecule has 2 N–H and O–H groups in total. The van der Waals surface area contributed by atoms with E-state index >= 15 is 0 Å². The molecule has 0 aromatic carbocycles. The number of carbonyl (C=O) groups excluding carboxylic acids is 1. The lowest BCUT2D eigenvalue weighted by atomic mass is 9.86. The van der Waals surface area contributed by atoms with Crippen LogP contribution in [0.5, 0.6) is 0 Å². The number of rotatable bonds is 6. The van der Waals surface area contributed by atoms with E-state index in [1.807, 2.05) is 0 Å². The van der Waals surface area contributed by atoms with Crippen LogP contribution in [0.25, 0.3) is 0 Å². The largest absolute Gasteiger partial charge is 0.466 e. The van der Waals surface area contributed by atoms with Crippen molar-refractivity contribution in [2.75, 3.05) is 6.54 Å². The van der Waals surface area contributed by atoms with E-state index in [4.69, 9.17) is 4.42 Å². The molecule has 1 unspecified atom stereocenters. The van der Waals surface area contributed by atoms with Crippen LogP contribution in [0.3, 0.4) is 0 Å². The number of amides is 1. The summed E-state index contributed by atoms with van der Waals surface area (Å²) in [6, 6.07) is 3.45. The van der Waals surface area contributed by atoms with Gasteiger partial charge in [-0.05, 0) is 31.4 Å². The van der Waals surface area contributed by atoms with Crippen molar-refractivity contribution in [3.05, 3.63) is 24.2 Å². The molecule has 0 bridgehead atoms. The lowest BCUT2D eigenvalue weighted by molar-refractivity contribution is -0.122. The van der Waals surface area contributed by atoms with Crippen LogP contribution in [0.1, 0.15) is 57.6 Å². The molecule has 1 aliphatic carbocycles. The summed E-state index contributed by atoms with van der Waals surface area (Å²) in [5, 5.41) is 13.0. The number of aliphatic hydroxyl groups is 1. The summed E-state index contributed by atoms with van der Waals surface area (Å²) in [7, 11) is 0. The van der Waals surface area contributed by atoms with Gasteiger partial charge in [-0.1, -0.05) is 32.1 Å². The first-order valence-corrected chi connectivity index (χ1v) is 7.61. The van der Waals surface area contributed by atoms with Crippen LogP contribution in [0.4, 0.5) is 0 Å². The lowest BCUT2D eigenvalue weighted by Gasteiger charge is -2.23. The molecule has 1 heterocycles. The first kappa shape index (κ1) is 15.1. The van der Waals surface area contributed by atoms with Crippen LogP contribution in [0.2, 0.25) is 0 Å². The van der Waals surface area contributed by atoms with E-state index < -0.39 is 5.60 Å². The Balaban J connectivity index is 1.69. The molecular formula is C16H25NO3. The summed E-state index contributed by atoms with van der Waals surface area (Å²) < 4.78 is 5.18. The van der Waals surface area contributed by atoms with Crippen LogP contribution >= 0.6 is 0 Å². The molecule has 0 radical (unpaired) electrons. The first-order chi connectivity index (χ1) is 9.58. The Morgan fingerprint density at radius 1 is 1.45 bits per heavy atom. The van der Waals surface area contributed by atoms with Crippen molar-refractivity contribution in [3.63, 3.8) is 0 Å². The van der Waals surface area contributed by atoms with Gasteiger partial charge in [0.2, 0.25) is 5.91 Å². The fraction of sp³-hybridized carbons (Fsp3) is 0.688. The molecule has 4 heteroatoms. The molecular weight excluding hydrogens is 254 g/mol. The van der Waals surface area contributed by atoms with Gasteiger partial charge in [-0.2, -0.15) is 0 Å². The number of carbonyl (C=O) groups is 1. The highest BCUT2D eigenvalue weighted by atomic mass is 16.4. The van der Waals surface area contributed by atoms with Gasteiger partial charge in [0, 0.05) is 6.42 Å². The molecule has 1 aromatic rings. The van der Waals surface area contributed by atoms with Crippen molar-refractivity contribution in [2.24, 2.45) is 5.92 Å². The minimum atomic E-state index is -1.15. The molecule has 1 atom stereocenters. The van der Waals surface area contributed by atoms with Crippen molar-refractivity contribution in [2.45, 2.75) is 57.5 Å². The van der Waals surface area contributed by atoms with Gasteiger partial charge in [0.05, 0.1) is 12.8 Å². The second-order valence-electron chi connectivity index (χ2n) is 6.07. The van der Waals surface area contributed by atoms with Crippen molar-refractivity contribution in [1.82, 2.24) is 5.32 Å². The number of hydrogen-bond acceptors (Lipinski definition) is 3. The van der Waals surface area contributed by atoms with Crippen molar-refractivity contribution >= 4 is 5.91 Å². The van der Waals surface area contributed by atoms with E-state index in [9.17, 15) is 9.90 Å². The second-order valence-corrected chi connectivity index (χ2v) is 6.07. The van der Waals surface area contributed by atoms with E-state index in [2.05, 4.69) is 5.32 Å². The quantitative estimate of drug-likeness (QED) is 0.841. The molecule has 1 amide bonds. The van der Waals surface area contributed by atoms with Crippen LogP contribution in [-0.4, -0.2) is 17.6 Å². The monoisotopic (exact) mass is 279 g/mol. The predicted octanol–water partition coefficient (Wildman–Crippen LogP) is 2.96. The maximum atomic E-state index is 11.8. The van der Waals surface area contributed by atoms with Crippen LogP contribution in [0.15, 0.2) is 22.8 Å². The number of furan rings is 1. The van der Waals surface area contributed by atoms with Gasteiger partial charge in [0.25, 0.3) is 0 Å². The molecule has 20 heavy (non-hydrogen) atoms. The number of hydrogen-bond donors (Lipinski definition) is 2. The molecule has 1 saturated carbocycles. The third kappa shape index (κ3) is 4.37. The molecule has 2 rings (SSSR count). The van der Waals surface area contributed by atoms with E-state index in [1.54, 1.807) is 19.1 Å². The zero-order valence-electron chi connectivity index (χ0n) is 12.2. The molecule has 112 valence electrons. The van der Waals surface area contributed by atoms with E-state index in [1.165, 1.54) is 38.4 Å². The fourth-order valence-corrected chi connectivity index (χ4v) is 2.84. The average molecular weight is 279 g/mol. The Bertz CT molecular complexity index is 405. The van der Waals surface area contributed by atoms with Crippen LogP contribution < -0.4 is 5.32 Å². The molecule has 1 aromatic heterocycles. The van der Waals surface area contributed by atoms with E-state index in [0.29, 0.717) is 18.1 Å². The normalized spacial score (nSPS) is 19.5. The zero-order valence-corrected chi connectivity index (χ0v) is 12.2. The highest BCUT2D eigenvalue weighted by Gasteiger charge is 2.26. The Morgan fingerprint density at radius 2 is 2.20 bits per heavy atom. The predicted molar refractivity (Wildman–Crippen MR) is 77.1 cm³/mol. The lowest BCUT2D eigenvalue weighted by Crippen LogP contribution is -2.38. The third-order valence-corrected chi connectivity index (χ3v) is 4.19. The molecule has 1 aliphatic rings. The second kappa shape index (κ2) is 6.93. The molecule has 4 nitrogen and oxygen atoms in total. The standard InChI is InChI=1S/C16H25NO3/c1-16(19,14-8-5-11-20-14)12-17-15(18)10-9-13-6-3-2-4-7-13/h5,8,11,13,19H,2-4,6-7,9-10,12H2,1H3,(H,17,18). The fourth-order valence-electron chi connectivity index (χ4n) is 2.84. The van der Waals surface area contributed by atoms with Crippen molar-refractivity contribution in [3.8, 4) is 0 Å². The van der Waals surface area contributed by atoms with E-state index in [-0.39, 0.29) is 12.5 Å². The summed E-state index contributed by atoms with van der Waals surface area (Å²) in [5.41, 5.74) is -1.15. The Kier molecular flexibility index (Phi) is 5.24. The number of nitrogens with one attached hydrogen (secondary N) is 1. The maximum Gasteiger partial charge on any atom is 0.220 e. The van der Waals surface area contributed by atoms with Crippen molar-refractivity contribution in [1.29, 1.82) is 0 Å². The summed E-state index contributed by atoms with van der Waals surface area (Å²) in [4.78, 5) is 11.8. The Hall–Kier alpha value is -1.29. The summed E-state index contributed by atoms with van der Waals surface area (Å²) in [6.45, 7) is 1.83. The van der Waals surface area contributed by atoms with Gasteiger partial charge in [-0.3, -0.25) is 4.79 Å². The highest BCUT2D eigenvalue weighted by molar-refractivity contribution is 5.75. The zero-order chi connectivity index (χ0) is 14.4. The van der Waals surface area contributed by atoms with Gasteiger partial charge in [-0.25, -0.2) is 0 Å². The molecule has 0 spiro atoms. The molecule has 0 aliphatic heterocycles. The summed E-state index contributed by atoms with van der Waals surface area (Å²) in [5.74, 6) is 1.20. The van der Waals surface area contributed by atoms with Gasteiger partial charge < -0.3 is 14.8 Å². The topological polar surface area (TPSA) is 62.5 Å². The summed E-state index contributed by atoms with van der Waals surface area (Å²) in [6.07, 6.45) is 9.52. The third-order valence-electron chi connectivity index (χ3n) is 4.19. The van der Waals surface area contributed by atoms with Gasteiger partial charge >= 0.3 is 0 Å². The summed E-state index contributed by atoms with van der Waals surface area (Å²) >= 11 is 0. The Morgan fingerprint density at radius 3 is 2.85 bits per heavy atom.